The minimum atomic E-state index is -4.28. The zero-order chi connectivity index (χ0) is 13.2. The Labute approximate surface area is 108 Å². The molecule has 2 rings (SSSR count). The first kappa shape index (κ1) is 13.0. The second-order valence-electron chi connectivity index (χ2n) is 4.00. The molecule has 0 heterocycles. The van der Waals surface area contributed by atoms with Gasteiger partial charge >= 0.3 is 6.18 Å². The molecular weight excluding hydrogens is 261 g/mol. The van der Waals surface area contributed by atoms with E-state index >= 15 is 0 Å². The van der Waals surface area contributed by atoms with Crippen LogP contribution in [0.3, 0.4) is 0 Å². The van der Waals surface area contributed by atoms with Gasteiger partial charge in [-0.1, -0.05) is 35.9 Å². The minimum absolute atomic E-state index is 0.593. The molecule has 94 valence electrons. The van der Waals surface area contributed by atoms with Crippen molar-refractivity contribution in [2.45, 2.75) is 12.6 Å². The normalized spacial score (nSPS) is 11.6. The fourth-order valence-corrected chi connectivity index (χ4v) is 1.78. The molecule has 0 N–H and O–H groups in total. The summed E-state index contributed by atoms with van der Waals surface area (Å²) in [6, 6.07) is 12.5. The lowest BCUT2D eigenvalue weighted by Crippen LogP contribution is -2.04. The van der Waals surface area contributed by atoms with Gasteiger partial charge in [-0.05, 0) is 41.8 Å². The van der Waals surface area contributed by atoms with Gasteiger partial charge in [0.15, 0.2) is 0 Å². The lowest BCUT2D eigenvalue weighted by Gasteiger charge is -2.07. The Hall–Kier alpha value is -1.48. The summed E-state index contributed by atoms with van der Waals surface area (Å²) in [6.45, 7) is 0. The Morgan fingerprint density at radius 3 is 1.67 bits per heavy atom. The Morgan fingerprint density at radius 2 is 1.22 bits per heavy atom. The zero-order valence-corrected chi connectivity index (χ0v) is 10.1. The van der Waals surface area contributed by atoms with E-state index < -0.39 is 11.7 Å². The maximum atomic E-state index is 12.4. The molecule has 2 aromatic rings. The van der Waals surface area contributed by atoms with E-state index in [1.165, 1.54) is 12.1 Å². The van der Waals surface area contributed by atoms with E-state index in [0.717, 1.165) is 23.3 Å². The van der Waals surface area contributed by atoms with Gasteiger partial charge in [0.1, 0.15) is 0 Å². The largest absolute Gasteiger partial charge is 0.416 e. The van der Waals surface area contributed by atoms with Crippen LogP contribution in [-0.4, -0.2) is 0 Å². The Kier molecular flexibility index (Phi) is 3.62. The second-order valence-corrected chi connectivity index (χ2v) is 4.43. The number of hydrogen-bond acceptors (Lipinski definition) is 0. The van der Waals surface area contributed by atoms with Crippen molar-refractivity contribution in [1.82, 2.24) is 0 Å². The van der Waals surface area contributed by atoms with E-state index in [1.807, 2.05) is 12.1 Å². The highest BCUT2D eigenvalue weighted by Crippen LogP contribution is 2.29. The predicted octanol–water partition coefficient (Wildman–Crippen LogP) is 4.95. The molecule has 0 bridgehead atoms. The van der Waals surface area contributed by atoms with Crippen molar-refractivity contribution in [3.63, 3.8) is 0 Å². The van der Waals surface area contributed by atoms with E-state index in [1.54, 1.807) is 12.1 Å². The van der Waals surface area contributed by atoms with E-state index in [2.05, 4.69) is 0 Å². The Bertz CT molecular complexity index is 512. The minimum Gasteiger partial charge on any atom is -0.166 e. The van der Waals surface area contributed by atoms with Gasteiger partial charge in [0, 0.05) is 5.02 Å². The topological polar surface area (TPSA) is 0 Å². The van der Waals surface area contributed by atoms with Gasteiger partial charge in [-0.2, -0.15) is 13.2 Å². The molecule has 0 unspecified atom stereocenters. The Morgan fingerprint density at radius 1 is 0.778 bits per heavy atom. The molecule has 0 saturated heterocycles. The van der Waals surface area contributed by atoms with Crippen LogP contribution >= 0.6 is 11.6 Å². The molecule has 0 aliphatic heterocycles. The number of rotatable bonds is 2. The maximum Gasteiger partial charge on any atom is 0.416 e. The van der Waals surface area contributed by atoms with E-state index in [-0.39, 0.29) is 0 Å². The van der Waals surface area contributed by atoms with Crippen molar-refractivity contribution in [3.05, 3.63) is 70.2 Å². The number of halogens is 4. The number of alkyl halides is 3. The highest BCUT2D eigenvalue weighted by atomic mass is 35.5. The second kappa shape index (κ2) is 5.02. The predicted molar refractivity (Wildman–Crippen MR) is 65.7 cm³/mol. The van der Waals surface area contributed by atoms with Gasteiger partial charge in [0.05, 0.1) is 5.56 Å². The van der Waals surface area contributed by atoms with Crippen LogP contribution in [0.1, 0.15) is 16.7 Å². The Balaban J connectivity index is 2.13. The van der Waals surface area contributed by atoms with Crippen molar-refractivity contribution >= 4 is 11.6 Å². The van der Waals surface area contributed by atoms with Crippen LogP contribution in [0.25, 0.3) is 0 Å². The summed E-state index contributed by atoms with van der Waals surface area (Å²) in [4.78, 5) is 0. The van der Waals surface area contributed by atoms with Gasteiger partial charge in [-0.3, -0.25) is 0 Å². The number of benzene rings is 2. The summed E-state index contributed by atoms with van der Waals surface area (Å²) in [6.07, 6.45) is -3.69. The SMILES string of the molecule is FC(F)(F)c1ccc(Cc2ccc(Cl)cc2)cc1. The molecule has 0 aromatic heterocycles. The van der Waals surface area contributed by atoms with Crippen molar-refractivity contribution in [1.29, 1.82) is 0 Å². The molecule has 2 aromatic carbocycles. The molecule has 0 atom stereocenters. The van der Waals surface area contributed by atoms with Crippen LogP contribution in [0.15, 0.2) is 48.5 Å². The van der Waals surface area contributed by atoms with Crippen LogP contribution < -0.4 is 0 Å². The summed E-state index contributed by atoms with van der Waals surface area (Å²) in [5.41, 5.74) is 1.23. The molecule has 0 nitrogen and oxygen atoms in total. The molecule has 18 heavy (non-hydrogen) atoms. The van der Waals surface area contributed by atoms with Gasteiger partial charge in [-0.25, -0.2) is 0 Å². The molecule has 0 aliphatic carbocycles. The molecule has 0 spiro atoms. The molecule has 0 aliphatic rings. The quantitative estimate of drug-likeness (QED) is 0.724. The van der Waals surface area contributed by atoms with Gasteiger partial charge < -0.3 is 0 Å². The molecule has 4 heteroatoms. The monoisotopic (exact) mass is 270 g/mol. The van der Waals surface area contributed by atoms with Crippen LogP contribution in [-0.2, 0) is 12.6 Å². The molecule has 0 saturated carbocycles. The standard InChI is InChI=1S/C14H10ClF3/c15-13-7-3-11(4-8-13)9-10-1-5-12(6-2-10)14(16,17)18/h1-8H,9H2. The highest BCUT2D eigenvalue weighted by molar-refractivity contribution is 6.30. The van der Waals surface area contributed by atoms with Crippen molar-refractivity contribution in [2.24, 2.45) is 0 Å². The van der Waals surface area contributed by atoms with Crippen LogP contribution in [0.4, 0.5) is 13.2 Å². The third kappa shape index (κ3) is 3.26. The zero-order valence-electron chi connectivity index (χ0n) is 9.34. The average molecular weight is 271 g/mol. The average Bonchev–Trinajstić information content (AvgIpc) is 2.32. The summed E-state index contributed by atoms with van der Waals surface area (Å²) >= 11 is 5.76. The number of hydrogen-bond donors (Lipinski definition) is 0. The summed E-state index contributed by atoms with van der Waals surface area (Å²) in [5, 5.41) is 0.645. The summed E-state index contributed by atoms with van der Waals surface area (Å²) in [5.74, 6) is 0. The third-order valence-corrected chi connectivity index (χ3v) is 2.85. The first-order chi connectivity index (χ1) is 8.45. The van der Waals surface area contributed by atoms with Crippen molar-refractivity contribution < 1.29 is 13.2 Å². The van der Waals surface area contributed by atoms with Crippen molar-refractivity contribution in [2.75, 3.05) is 0 Å². The molecular formula is C14H10ClF3. The van der Waals surface area contributed by atoms with E-state index in [4.69, 9.17) is 11.6 Å². The van der Waals surface area contributed by atoms with Gasteiger partial charge in [0.25, 0.3) is 0 Å². The van der Waals surface area contributed by atoms with Crippen molar-refractivity contribution in [3.8, 4) is 0 Å². The first-order valence-electron chi connectivity index (χ1n) is 5.36. The van der Waals surface area contributed by atoms with E-state index in [9.17, 15) is 13.2 Å². The third-order valence-electron chi connectivity index (χ3n) is 2.60. The fourth-order valence-electron chi connectivity index (χ4n) is 1.65. The highest BCUT2D eigenvalue weighted by Gasteiger charge is 2.29. The maximum absolute atomic E-state index is 12.4. The molecule has 0 fully saturated rings. The molecule has 0 amide bonds. The lowest BCUT2D eigenvalue weighted by molar-refractivity contribution is -0.137. The van der Waals surface area contributed by atoms with Crippen LogP contribution in [0, 0.1) is 0 Å². The lowest BCUT2D eigenvalue weighted by atomic mass is 10.0. The molecule has 0 radical (unpaired) electrons. The smallest absolute Gasteiger partial charge is 0.166 e. The first-order valence-corrected chi connectivity index (χ1v) is 5.73. The van der Waals surface area contributed by atoms with Gasteiger partial charge in [0.2, 0.25) is 0 Å². The van der Waals surface area contributed by atoms with Gasteiger partial charge in [-0.15, -0.1) is 0 Å². The fraction of sp³-hybridized carbons (Fsp3) is 0.143. The van der Waals surface area contributed by atoms with Crippen LogP contribution in [0.5, 0.6) is 0 Å². The van der Waals surface area contributed by atoms with Crippen LogP contribution in [0.2, 0.25) is 5.02 Å². The van der Waals surface area contributed by atoms with E-state index in [0.29, 0.717) is 11.4 Å². The summed E-state index contributed by atoms with van der Waals surface area (Å²) in [7, 11) is 0. The summed E-state index contributed by atoms with van der Waals surface area (Å²) < 4.78 is 37.1.